The average Bonchev–Trinajstić information content (AvgIpc) is 2.94. The van der Waals surface area contributed by atoms with Gasteiger partial charge >= 0.3 is 0 Å². The van der Waals surface area contributed by atoms with Crippen LogP contribution in [0.2, 0.25) is 0 Å². The molecule has 1 amide bonds. The van der Waals surface area contributed by atoms with Crippen LogP contribution in [0.5, 0.6) is 0 Å². The molecule has 0 aliphatic heterocycles. The molecule has 0 unspecified atom stereocenters. The fourth-order valence-electron chi connectivity index (χ4n) is 1.91. The number of nitrogens with one attached hydrogen (secondary N) is 2. The molecule has 0 saturated heterocycles. The number of aromatic nitrogens is 5. The lowest BCUT2D eigenvalue weighted by atomic mass is 10.2. The van der Waals surface area contributed by atoms with Crippen LogP contribution in [-0.4, -0.2) is 30.4 Å². The molecule has 3 rings (SSSR count). The van der Waals surface area contributed by atoms with Crippen LogP contribution in [0.25, 0.3) is 5.82 Å². The summed E-state index contributed by atoms with van der Waals surface area (Å²) in [4.78, 5) is 37.8. The van der Waals surface area contributed by atoms with Crippen LogP contribution in [-0.2, 0) is 0 Å². The van der Waals surface area contributed by atoms with Crippen molar-refractivity contribution in [3.8, 4) is 5.82 Å². The van der Waals surface area contributed by atoms with E-state index in [0.29, 0.717) is 17.2 Å². The quantitative estimate of drug-likeness (QED) is 0.747. The SMILES string of the molecule is Cc1nccn1-c1cc(NC(=O)c2ccc(=O)[nH]c2)ncn1. The van der Waals surface area contributed by atoms with Crippen molar-refractivity contribution in [3.05, 3.63) is 64.9 Å². The predicted molar refractivity (Wildman–Crippen MR) is 78.9 cm³/mol. The molecule has 0 aromatic carbocycles. The number of hydrogen-bond donors (Lipinski definition) is 2. The van der Waals surface area contributed by atoms with Gasteiger partial charge in [0.25, 0.3) is 5.91 Å². The minimum absolute atomic E-state index is 0.267. The van der Waals surface area contributed by atoms with E-state index in [2.05, 4.69) is 25.3 Å². The number of nitrogens with zero attached hydrogens (tertiary/aromatic N) is 4. The molecule has 3 heterocycles. The van der Waals surface area contributed by atoms with Crippen LogP contribution in [0.1, 0.15) is 16.2 Å². The Balaban J connectivity index is 1.84. The molecule has 22 heavy (non-hydrogen) atoms. The Morgan fingerprint density at radius 1 is 1.27 bits per heavy atom. The number of H-pyrrole nitrogens is 1. The Morgan fingerprint density at radius 3 is 2.82 bits per heavy atom. The van der Waals surface area contributed by atoms with Gasteiger partial charge < -0.3 is 10.3 Å². The fraction of sp³-hybridized carbons (Fsp3) is 0.0714. The lowest BCUT2D eigenvalue weighted by Crippen LogP contribution is -2.15. The van der Waals surface area contributed by atoms with Gasteiger partial charge in [0, 0.05) is 30.7 Å². The number of hydrogen-bond acceptors (Lipinski definition) is 5. The highest BCUT2D eigenvalue weighted by molar-refractivity contribution is 6.03. The summed E-state index contributed by atoms with van der Waals surface area (Å²) in [6.07, 6.45) is 6.14. The number of carbonyl (C=O) groups is 1. The number of aryl methyl sites for hydroxylation is 1. The number of pyridine rings is 1. The van der Waals surface area contributed by atoms with Gasteiger partial charge in [-0.2, -0.15) is 0 Å². The van der Waals surface area contributed by atoms with Gasteiger partial charge in [-0.1, -0.05) is 0 Å². The standard InChI is InChI=1S/C14H12N6O2/c1-9-15-4-5-20(9)12-6-11(17-8-18-12)19-14(22)10-2-3-13(21)16-7-10/h2-8H,1H3,(H,16,21)(H,17,18,19,22). The monoisotopic (exact) mass is 296 g/mol. The Hall–Kier alpha value is -3.29. The Labute approximate surface area is 124 Å². The zero-order valence-electron chi connectivity index (χ0n) is 11.6. The molecule has 0 bridgehead atoms. The molecular weight excluding hydrogens is 284 g/mol. The Kier molecular flexibility index (Phi) is 3.48. The van der Waals surface area contributed by atoms with Crippen LogP contribution >= 0.6 is 0 Å². The zero-order chi connectivity index (χ0) is 15.5. The first-order valence-corrected chi connectivity index (χ1v) is 6.46. The van der Waals surface area contributed by atoms with Crippen LogP contribution < -0.4 is 10.9 Å². The Morgan fingerprint density at radius 2 is 2.14 bits per heavy atom. The number of carbonyl (C=O) groups excluding carboxylic acids is 1. The number of imidazole rings is 1. The summed E-state index contributed by atoms with van der Waals surface area (Å²) in [6, 6.07) is 4.36. The second kappa shape index (κ2) is 5.60. The maximum absolute atomic E-state index is 12.1. The first-order valence-electron chi connectivity index (χ1n) is 6.46. The summed E-state index contributed by atoms with van der Waals surface area (Å²) in [5, 5.41) is 2.65. The highest BCUT2D eigenvalue weighted by Crippen LogP contribution is 2.11. The fourth-order valence-corrected chi connectivity index (χ4v) is 1.91. The summed E-state index contributed by atoms with van der Waals surface area (Å²) in [6.45, 7) is 1.85. The van der Waals surface area contributed by atoms with Gasteiger partial charge in [0.15, 0.2) is 0 Å². The highest BCUT2D eigenvalue weighted by Gasteiger charge is 2.09. The number of aromatic amines is 1. The van der Waals surface area contributed by atoms with Crippen LogP contribution in [0.4, 0.5) is 5.82 Å². The van der Waals surface area contributed by atoms with E-state index in [1.807, 2.05) is 6.92 Å². The second-order valence-corrected chi connectivity index (χ2v) is 4.50. The van der Waals surface area contributed by atoms with Gasteiger partial charge in [-0.05, 0) is 13.0 Å². The molecule has 8 nitrogen and oxygen atoms in total. The maximum atomic E-state index is 12.1. The molecule has 3 aromatic rings. The molecule has 0 aliphatic rings. The van der Waals surface area contributed by atoms with E-state index in [1.165, 1.54) is 24.7 Å². The van der Waals surface area contributed by atoms with E-state index in [0.717, 1.165) is 5.82 Å². The van der Waals surface area contributed by atoms with Crippen molar-refractivity contribution < 1.29 is 4.79 Å². The van der Waals surface area contributed by atoms with Gasteiger partial charge in [-0.25, -0.2) is 15.0 Å². The van der Waals surface area contributed by atoms with Crippen LogP contribution in [0.15, 0.2) is 47.9 Å². The van der Waals surface area contributed by atoms with Crippen molar-refractivity contribution in [2.45, 2.75) is 6.92 Å². The summed E-state index contributed by atoms with van der Waals surface area (Å²) < 4.78 is 1.78. The lowest BCUT2D eigenvalue weighted by Gasteiger charge is -2.07. The van der Waals surface area contributed by atoms with Gasteiger partial charge in [-0.3, -0.25) is 14.2 Å². The summed E-state index contributed by atoms with van der Waals surface area (Å²) in [5.74, 6) is 1.36. The molecule has 0 fully saturated rings. The third-order valence-electron chi connectivity index (χ3n) is 3.01. The van der Waals surface area contributed by atoms with Gasteiger partial charge in [0.2, 0.25) is 5.56 Å². The van der Waals surface area contributed by atoms with Gasteiger partial charge in [0.1, 0.15) is 23.8 Å². The molecule has 0 atom stereocenters. The van der Waals surface area contributed by atoms with E-state index in [-0.39, 0.29) is 11.5 Å². The normalized spacial score (nSPS) is 10.4. The molecule has 110 valence electrons. The molecule has 2 N–H and O–H groups in total. The minimum atomic E-state index is -0.372. The predicted octanol–water partition coefficient (Wildman–Crippen LogP) is 0.911. The average molecular weight is 296 g/mol. The van der Waals surface area contributed by atoms with E-state index in [9.17, 15) is 9.59 Å². The summed E-state index contributed by atoms with van der Waals surface area (Å²) in [5.41, 5.74) is 0.0648. The second-order valence-electron chi connectivity index (χ2n) is 4.50. The first-order chi connectivity index (χ1) is 10.6. The zero-order valence-corrected chi connectivity index (χ0v) is 11.6. The maximum Gasteiger partial charge on any atom is 0.258 e. The van der Waals surface area contributed by atoms with Crippen molar-refractivity contribution in [3.63, 3.8) is 0 Å². The summed E-state index contributed by atoms with van der Waals surface area (Å²) in [7, 11) is 0. The molecular formula is C14H12N6O2. The van der Waals surface area contributed by atoms with E-state index < -0.39 is 0 Å². The third kappa shape index (κ3) is 2.75. The van der Waals surface area contributed by atoms with Crippen molar-refractivity contribution in [1.82, 2.24) is 24.5 Å². The topological polar surface area (TPSA) is 106 Å². The van der Waals surface area contributed by atoms with E-state index in [1.54, 1.807) is 23.0 Å². The van der Waals surface area contributed by atoms with Gasteiger partial charge in [0.05, 0.1) is 5.56 Å². The van der Waals surface area contributed by atoms with Crippen molar-refractivity contribution >= 4 is 11.7 Å². The van der Waals surface area contributed by atoms with Gasteiger partial charge in [-0.15, -0.1) is 0 Å². The largest absolute Gasteiger partial charge is 0.328 e. The molecule has 0 saturated carbocycles. The first kappa shape index (κ1) is 13.7. The van der Waals surface area contributed by atoms with Crippen molar-refractivity contribution in [1.29, 1.82) is 0 Å². The van der Waals surface area contributed by atoms with E-state index in [4.69, 9.17) is 0 Å². The minimum Gasteiger partial charge on any atom is -0.328 e. The van der Waals surface area contributed by atoms with E-state index >= 15 is 0 Å². The van der Waals surface area contributed by atoms with Crippen LogP contribution in [0.3, 0.4) is 0 Å². The molecule has 0 radical (unpaired) electrons. The number of anilines is 1. The number of rotatable bonds is 3. The lowest BCUT2D eigenvalue weighted by molar-refractivity contribution is 0.102. The summed E-state index contributed by atoms with van der Waals surface area (Å²) >= 11 is 0. The third-order valence-corrected chi connectivity index (χ3v) is 3.01. The molecule has 8 heteroatoms. The highest BCUT2D eigenvalue weighted by atomic mass is 16.2. The van der Waals surface area contributed by atoms with Crippen molar-refractivity contribution in [2.75, 3.05) is 5.32 Å². The number of amides is 1. The smallest absolute Gasteiger partial charge is 0.258 e. The Bertz CT molecular complexity index is 862. The van der Waals surface area contributed by atoms with Crippen LogP contribution in [0, 0.1) is 6.92 Å². The molecule has 0 aliphatic carbocycles. The molecule has 0 spiro atoms. The van der Waals surface area contributed by atoms with Crippen molar-refractivity contribution in [2.24, 2.45) is 0 Å². The molecule has 3 aromatic heterocycles.